The summed E-state index contributed by atoms with van der Waals surface area (Å²) in [6, 6.07) is 5.79. The summed E-state index contributed by atoms with van der Waals surface area (Å²) in [6.07, 6.45) is 1.70. The number of rotatable bonds is 6. The maximum atomic E-state index is 11.7. The van der Waals surface area contributed by atoms with Gasteiger partial charge in [-0.1, -0.05) is 26.3 Å². The maximum absolute atomic E-state index is 11.7. The van der Waals surface area contributed by atoms with Gasteiger partial charge in [0.25, 0.3) is 5.91 Å². The molecular weight excluding hydrogens is 254 g/mol. The Morgan fingerprint density at radius 3 is 2.35 bits per heavy atom. The molecule has 4 nitrogen and oxygen atoms in total. The van der Waals surface area contributed by atoms with Crippen molar-refractivity contribution in [2.24, 2.45) is 5.92 Å². The SMILES string of the molecule is CCC[C@H](C)C(=O)OCC(=O)Nc1cc(C)cc(C)c1. The molecule has 0 unspecified atom stereocenters. The van der Waals surface area contributed by atoms with Crippen molar-refractivity contribution < 1.29 is 14.3 Å². The molecule has 0 heterocycles. The zero-order valence-corrected chi connectivity index (χ0v) is 12.7. The minimum atomic E-state index is -0.317. The van der Waals surface area contributed by atoms with Gasteiger partial charge in [-0.2, -0.15) is 0 Å². The van der Waals surface area contributed by atoms with Crippen molar-refractivity contribution in [3.8, 4) is 0 Å². The number of esters is 1. The fourth-order valence-corrected chi connectivity index (χ4v) is 2.07. The highest BCUT2D eigenvalue weighted by molar-refractivity contribution is 5.93. The van der Waals surface area contributed by atoms with Crippen LogP contribution in [0.5, 0.6) is 0 Å². The number of amides is 1. The molecule has 0 spiro atoms. The Morgan fingerprint density at radius 2 is 1.80 bits per heavy atom. The smallest absolute Gasteiger partial charge is 0.309 e. The number of benzene rings is 1. The molecule has 0 saturated carbocycles. The lowest BCUT2D eigenvalue weighted by molar-refractivity contribution is -0.151. The van der Waals surface area contributed by atoms with E-state index < -0.39 is 0 Å². The first-order valence-electron chi connectivity index (χ1n) is 6.97. The number of anilines is 1. The highest BCUT2D eigenvalue weighted by Gasteiger charge is 2.15. The van der Waals surface area contributed by atoms with E-state index in [0.29, 0.717) is 0 Å². The van der Waals surface area contributed by atoms with Crippen LogP contribution in [0.25, 0.3) is 0 Å². The standard InChI is InChI=1S/C16H23NO3/c1-5-6-13(4)16(19)20-10-15(18)17-14-8-11(2)7-12(3)9-14/h7-9,13H,5-6,10H2,1-4H3,(H,17,18)/t13-/m0/s1. The monoisotopic (exact) mass is 277 g/mol. The van der Waals surface area contributed by atoms with Gasteiger partial charge in [0.1, 0.15) is 0 Å². The molecule has 20 heavy (non-hydrogen) atoms. The van der Waals surface area contributed by atoms with Gasteiger partial charge in [-0.3, -0.25) is 9.59 Å². The van der Waals surface area contributed by atoms with E-state index in [1.54, 1.807) is 0 Å². The first-order chi connectivity index (χ1) is 9.42. The van der Waals surface area contributed by atoms with E-state index in [1.165, 1.54) is 0 Å². The molecule has 0 saturated heterocycles. The summed E-state index contributed by atoms with van der Waals surface area (Å²) >= 11 is 0. The molecule has 0 aromatic heterocycles. The minimum absolute atomic E-state index is 0.158. The third-order valence-corrected chi connectivity index (χ3v) is 2.98. The van der Waals surface area contributed by atoms with Gasteiger partial charge in [0, 0.05) is 5.69 Å². The fourth-order valence-electron chi connectivity index (χ4n) is 2.07. The van der Waals surface area contributed by atoms with Crippen LogP contribution in [0, 0.1) is 19.8 Å². The molecule has 0 aliphatic rings. The first kappa shape index (κ1) is 16.2. The summed E-state index contributed by atoms with van der Waals surface area (Å²) in [5.74, 6) is -0.788. The van der Waals surface area contributed by atoms with Gasteiger partial charge in [-0.25, -0.2) is 0 Å². The molecule has 1 aromatic carbocycles. The van der Waals surface area contributed by atoms with E-state index in [2.05, 4.69) is 5.32 Å². The summed E-state index contributed by atoms with van der Waals surface area (Å²) in [6.45, 7) is 7.52. The van der Waals surface area contributed by atoms with Crippen LogP contribution in [0.3, 0.4) is 0 Å². The molecule has 4 heteroatoms. The maximum Gasteiger partial charge on any atom is 0.309 e. The van der Waals surface area contributed by atoms with Crippen LogP contribution in [0.1, 0.15) is 37.8 Å². The average molecular weight is 277 g/mol. The molecule has 0 fully saturated rings. The highest BCUT2D eigenvalue weighted by atomic mass is 16.5. The molecule has 1 aromatic rings. The number of carbonyl (C=O) groups excluding carboxylic acids is 2. The third-order valence-electron chi connectivity index (χ3n) is 2.98. The molecule has 110 valence electrons. The number of hydrogen-bond donors (Lipinski definition) is 1. The van der Waals surface area contributed by atoms with Crippen LogP contribution in [0.15, 0.2) is 18.2 Å². The Balaban J connectivity index is 2.46. The average Bonchev–Trinajstić information content (AvgIpc) is 2.34. The van der Waals surface area contributed by atoms with Crippen molar-refractivity contribution in [3.05, 3.63) is 29.3 Å². The predicted octanol–water partition coefficient (Wildman–Crippen LogP) is 3.22. The van der Waals surface area contributed by atoms with E-state index >= 15 is 0 Å². The van der Waals surface area contributed by atoms with Gasteiger partial charge in [0.15, 0.2) is 6.61 Å². The zero-order chi connectivity index (χ0) is 15.1. The number of hydrogen-bond acceptors (Lipinski definition) is 3. The summed E-state index contributed by atoms with van der Waals surface area (Å²) < 4.78 is 5.00. The minimum Gasteiger partial charge on any atom is -0.455 e. The van der Waals surface area contributed by atoms with Crippen molar-refractivity contribution in [2.75, 3.05) is 11.9 Å². The Morgan fingerprint density at radius 1 is 1.20 bits per heavy atom. The van der Waals surface area contributed by atoms with Crippen molar-refractivity contribution >= 4 is 17.6 Å². The van der Waals surface area contributed by atoms with E-state index in [1.807, 2.05) is 45.9 Å². The van der Waals surface area contributed by atoms with Gasteiger partial charge in [-0.15, -0.1) is 0 Å². The van der Waals surface area contributed by atoms with Crippen molar-refractivity contribution in [2.45, 2.75) is 40.5 Å². The third kappa shape index (κ3) is 5.43. The quantitative estimate of drug-likeness (QED) is 0.812. The molecule has 0 radical (unpaired) electrons. The number of ether oxygens (including phenoxy) is 1. The predicted molar refractivity (Wildman–Crippen MR) is 79.6 cm³/mol. The van der Waals surface area contributed by atoms with Crippen LogP contribution in [0.2, 0.25) is 0 Å². The fraction of sp³-hybridized carbons (Fsp3) is 0.500. The van der Waals surface area contributed by atoms with Gasteiger partial charge in [-0.05, 0) is 43.5 Å². The van der Waals surface area contributed by atoms with E-state index in [-0.39, 0.29) is 24.4 Å². The van der Waals surface area contributed by atoms with Gasteiger partial charge in [0.05, 0.1) is 5.92 Å². The molecule has 0 aliphatic carbocycles. The van der Waals surface area contributed by atoms with Crippen molar-refractivity contribution in [1.29, 1.82) is 0 Å². The normalized spacial score (nSPS) is 11.8. The van der Waals surface area contributed by atoms with Crippen LogP contribution in [-0.2, 0) is 14.3 Å². The van der Waals surface area contributed by atoms with Crippen molar-refractivity contribution in [1.82, 2.24) is 0 Å². The first-order valence-corrected chi connectivity index (χ1v) is 6.97. The van der Waals surface area contributed by atoms with Gasteiger partial charge >= 0.3 is 5.97 Å². The number of aryl methyl sites for hydroxylation is 2. The number of nitrogens with one attached hydrogen (secondary N) is 1. The lowest BCUT2D eigenvalue weighted by Crippen LogP contribution is -2.23. The Labute approximate surface area is 120 Å². The second-order valence-electron chi connectivity index (χ2n) is 5.22. The van der Waals surface area contributed by atoms with Gasteiger partial charge < -0.3 is 10.1 Å². The van der Waals surface area contributed by atoms with E-state index in [4.69, 9.17) is 4.74 Å². The highest BCUT2D eigenvalue weighted by Crippen LogP contribution is 2.13. The van der Waals surface area contributed by atoms with E-state index in [9.17, 15) is 9.59 Å². The Bertz CT molecular complexity index is 462. The molecule has 0 bridgehead atoms. The largest absolute Gasteiger partial charge is 0.455 e. The second-order valence-corrected chi connectivity index (χ2v) is 5.22. The van der Waals surface area contributed by atoms with Crippen LogP contribution in [0.4, 0.5) is 5.69 Å². The lowest BCUT2D eigenvalue weighted by Gasteiger charge is -2.11. The summed E-state index contributed by atoms with van der Waals surface area (Å²) in [5.41, 5.74) is 2.88. The molecule has 0 aliphatic heterocycles. The lowest BCUT2D eigenvalue weighted by atomic mass is 10.1. The molecule has 1 N–H and O–H groups in total. The molecule has 1 amide bonds. The molecule has 1 rings (SSSR count). The van der Waals surface area contributed by atoms with E-state index in [0.717, 1.165) is 29.7 Å². The van der Waals surface area contributed by atoms with Crippen LogP contribution < -0.4 is 5.32 Å². The Kier molecular flexibility index (Phi) is 6.22. The second kappa shape index (κ2) is 7.68. The van der Waals surface area contributed by atoms with Crippen LogP contribution >= 0.6 is 0 Å². The molecular formula is C16H23NO3. The van der Waals surface area contributed by atoms with Crippen LogP contribution in [-0.4, -0.2) is 18.5 Å². The topological polar surface area (TPSA) is 55.4 Å². The number of carbonyl (C=O) groups is 2. The summed E-state index contributed by atoms with van der Waals surface area (Å²) in [7, 11) is 0. The van der Waals surface area contributed by atoms with Crippen molar-refractivity contribution in [3.63, 3.8) is 0 Å². The zero-order valence-electron chi connectivity index (χ0n) is 12.7. The summed E-state index contributed by atoms with van der Waals surface area (Å²) in [5, 5.41) is 2.73. The summed E-state index contributed by atoms with van der Waals surface area (Å²) in [4.78, 5) is 23.3. The van der Waals surface area contributed by atoms with Gasteiger partial charge in [0.2, 0.25) is 0 Å². The molecule has 1 atom stereocenters. The Hall–Kier alpha value is -1.84.